The van der Waals surface area contributed by atoms with E-state index in [4.69, 9.17) is 5.73 Å². The summed E-state index contributed by atoms with van der Waals surface area (Å²) >= 11 is 3.63. The largest absolute Gasteiger partial charge is 0.328 e. The van der Waals surface area contributed by atoms with Crippen LogP contribution in [0.3, 0.4) is 0 Å². The molecule has 0 radical (unpaired) electrons. The van der Waals surface area contributed by atoms with Gasteiger partial charge in [-0.05, 0) is 47.0 Å². The van der Waals surface area contributed by atoms with E-state index in [1.54, 1.807) is 0 Å². The molecule has 0 saturated heterocycles. The average molecular weight is 308 g/mol. The predicted molar refractivity (Wildman–Crippen MR) is 78.0 cm³/mol. The van der Waals surface area contributed by atoms with Gasteiger partial charge in [0.1, 0.15) is 5.82 Å². The molecule has 0 spiro atoms. The Morgan fingerprint density at radius 2 is 2.22 bits per heavy atom. The van der Waals surface area contributed by atoms with Gasteiger partial charge in [0.15, 0.2) is 0 Å². The van der Waals surface area contributed by atoms with Gasteiger partial charge in [-0.3, -0.25) is 0 Å². The quantitative estimate of drug-likeness (QED) is 0.943. The second kappa shape index (κ2) is 5.67. The third-order valence-electron chi connectivity index (χ3n) is 2.86. The maximum absolute atomic E-state index is 5.82. The number of benzene rings is 1. The average Bonchev–Trinajstić information content (AvgIpc) is 2.76. The number of nitrogens with zero attached hydrogens (tertiary/aromatic N) is 2. The fourth-order valence-corrected chi connectivity index (χ4v) is 2.68. The van der Waals surface area contributed by atoms with Crippen molar-refractivity contribution in [1.29, 1.82) is 0 Å². The van der Waals surface area contributed by atoms with Crippen molar-refractivity contribution in [3.63, 3.8) is 0 Å². The molecule has 0 aliphatic carbocycles. The Morgan fingerprint density at radius 3 is 2.83 bits per heavy atom. The Hall–Kier alpha value is -1.13. The molecule has 96 valence electrons. The number of halogens is 1. The Morgan fingerprint density at radius 1 is 1.44 bits per heavy atom. The van der Waals surface area contributed by atoms with Gasteiger partial charge in [0.25, 0.3) is 0 Å². The number of hydrogen-bond acceptors (Lipinski definition) is 2. The van der Waals surface area contributed by atoms with E-state index in [9.17, 15) is 0 Å². The van der Waals surface area contributed by atoms with Crippen LogP contribution in [0.5, 0.6) is 0 Å². The zero-order valence-corrected chi connectivity index (χ0v) is 12.3. The number of hydrogen-bond donors (Lipinski definition) is 1. The Bertz CT molecular complexity index is 532. The molecule has 2 rings (SSSR count). The molecule has 1 aromatic carbocycles. The molecule has 1 unspecified atom stereocenters. The van der Waals surface area contributed by atoms with E-state index < -0.39 is 0 Å². The lowest BCUT2D eigenvalue weighted by Crippen LogP contribution is -2.17. The van der Waals surface area contributed by atoms with Crippen molar-refractivity contribution in [2.24, 2.45) is 5.73 Å². The van der Waals surface area contributed by atoms with Gasteiger partial charge >= 0.3 is 0 Å². The summed E-state index contributed by atoms with van der Waals surface area (Å²) in [6.45, 7) is 4.13. The fourth-order valence-electron chi connectivity index (χ4n) is 2.06. The van der Waals surface area contributed by atoms with E-state index in [1.807, 2.05) is 19.3 Å². The molecule has 0 aliphatic heterocycles. The summed E-state index contributed by atoms with van der Waals surface area (Å²) in [5, 5.41) is 0. The molecule has 18 heavy (non-hydrogen) atoms. The van der Waals surface area contributed by atoms with E-state index in [0.29, 0.717) is 0 Å². The topological polar surface area (TPSA) is 43.8 Å². The minimum atomic E-state index is 0.183. The van der Waals surface area contributed by atoms with Crippen LogP contribution < -0.4 is 5.73 Å². The van der Waals surface area contributed by atoms with Gasteiger partial charge in [0, 0.05) is 29.3 Å². The van der Waals surface area contributed by atoms with Gasteiger partial charge in [-0.25, -0.2) is 4.98 Å². The van der Waals surface area contributed by atoms with Crippen LogP contribution in [-0.4, -0.2) is 15.6 Å². The highest BCUT2D eigenvalue weighted by molar-refractivity contribution is 9.10. The zero-order valence-electron chi connectivity index (χ0n) is 10.7. The lowest BCUT2D eigenvalue weighted by Gasteiger charge is -2.11. The summed E-state index contributed by atoms with van der Waals surface area (Å²) in [5.74, 6) is 1.07. The standard InChI is InChI=1S/C14H18BrN3/c1-3-14-17-6-7-18(14)13-5-4-11(8-10(2)16)9-12(13)15/h4-7,9-10H,3,8,16H2,1-2H3. The molecule has 0 fully saturated rings. The summed E-state index contributed by atoms with van der Waals surface area (Å²) in [6.07, 6.45) is 5.63. The third-order valence-corrected chi connectivity index (χ3v) is 3.50. The van der Waals surface area contributed by atoms with E-state index in [1.165, 1.54) is 5.56 Å². The van der Waals surface area contributed by atoms with Crippen molar-refractivity contribution in [1.82, 2.24) is 9.55 Å². The number of aromatic nitrogens is 2. The molecule has 2 aromatic rings. The van der Waals surface area contributed by atoms with E-state index >= 15 is 0 Å². The molecule has 0 amide bonds. The lowest BCUT2D eigenvalue weighted by molar-refractivity contribution is 0.737. The van der Waals surface area contributed by atoms with Crippen LogP contribution >= 0.6 is 15.9 Å². The van der Waals surface area contributed by atoms with Crippen molar-refractivity contribution >= 4 is 15.9 Å². The highest BCUT2D eigenvalue weighted by Gasteiger charge is 2.08. The maximum atomic E-state index is 5.82. The maximum Gasteiger partial charge on any atom is 0.112 e. The molecule has 0 aliphatic rings. The fraction of sp³-hybridized carbons (Fsp3) is 0.357. The molecule has 0 saturated carbocycles. The van der Waals surface area contributed by atoms with E-state index in [0.717, 1.165) is 28.8 Å². The lowest BCUT2D eigenvalue weighted by atomic mass is 10.1. The summed E-state index contributed by atoms with van der Waals surface area (Å²) < 4.78 is 3.19. The second-order valence-corrected chi connectivity index (χ2v) is 5.39. The van der Waals surface area contributed by atoms with Crippen LogP contribution in [0.25, 0.3) is 5.69 Å². The third kappa shape index (κ3) is 2.82. The highest BCUT2D eigenvalue weighted by atomic mass is 79.9. The molecule has 3 nitrogen and oxygen atoms in total. The Labute approximate surface area is 116 Å². The predicted octanol–water partition coefficient (Wildman–Crippen LogP) is 3.09. The van der Waals surface area contributed by atoms with Crippen LogP contribution in [0.4, 0.5) is 0 Å². The van der Waals surface area contributed by atoms with Crippen molar-refractivity contribution in [2.75, 3.05) is 0 Å². The van der Waals surface area contributed by atoms with Gasteiger partial charge in [-0.2, -0.15) is 0 Å². The second-order valence-electron chi connectivity index (χ2n) is 4.53. The molecule has 1 heterocycles. The van der Waals surface area contributed by atoms with Crippen molar-refractivity contribution < 1.29 is 0 Å². The minimum Gasteiger partial charge on any atom is -0.328 e. The zero-order chi connectivity index (χ0) is 13.1. The van der Waals surface area contributed by atoms with Crippen LogP contribution in [-0.2, 0) is 12.8 Å². The smallest absolute Gasteiger partial charge is 0.112 e. The Balaban J connectivity index is 2.35. The van der Waals surface area contributed by atoms with Crippen molar-refractivity contribution in [3.8, 4) is 5.69 Å². The highest BCUT2D eigenvalue weighted by Crippen LogP contribution is 2.24. The van der Waals surface area contributed by atoms with Crippen LogP contribution in [0.2, 0.25) is 0 Å². The molecule has 4 heteroatoms. The van der Waals surface area contributed by atoms with Crippen molar-refractivity contribution in [2.45, 2.75) is 32.7 Å². The van der Waals surface area contributed by atoms with Gasteiger partial charge in [0.2, 0.25) is 0 Å². The number of aryl methyl sites for hydroxylation is 1. The summed E-state index contributed by atoms with van der Waals surface area (Å²) in [7, 11) is 0. The number of rotatable bonds is 4. The SMILES string of the molecule is CCc1nccn1-c1ccc(CC(C)N)cc1Br. The normalized spacial score (nSPS) is 12.7. The summed E-state index contributed by atoms with van der Waals surface area (Å²) in [6, 6.07) is 6.56. The monoisotopic (exact) mass is 307 g/mol. The molecule has 1 aromatic heterocycles. The van der Waals surface area contributed by atoms with Gasteiger partial charge in [-0.15, -0.1) is 0 Å². The molecule has 1 atom stereocenters. The first-order valence-electron chi connectivity index (χ1n) is 6.18. The van der Waals surface area contributed by atoms with Crippen LogP contribution in [0.15, 0.2) is 35.1 Å². The van der Waals surface area contributed by atoms with Gasteiger partial charge < -0.3 is 10.3 Å². The Kier molecular flexibility index (Phi) is 4.19. The van der Waals surface area contributed by atoms with Crippen LogP contribution in [0.1, 0.15) is 25.2 Å². The number of nitrogens with two attached hydrogens (primary N) is 1. The van der Waals surface area contributed by atoms with Crippen LogP contribution in [0, 0.1) is 0 Å². The number of imidazole rings is 1. The molecule has 0 bridgehead atoms. The molecular weight excluding hydrogens is 290 g/mol. The van der Waals surface area contributed by atoms with E-state index in [2.05, 4.69) is 50.6 Å². The van der Waals surface area contributed by atoms with Crippen molar-refractivity contribution in [3.05, 3.63) is 46.5 Å². The molecular formula is C14H18BrN3. The molecule has 2 N–H and O–H groups in total. The minimum absolute atomic E-state index is 0.183. The first-order valence-corrected chi connectivity index (χ1v) is 6.97. The van der Waals surface area contributed by atoms with Gasteiger partial charge in [0.05, 0.1) is 5.69 Å². The van der Waals surface area contributed by atoms with E-state index in [-0.39, 0.29) is 6.04 Å². The van der Waals surface area contributed by atoms with Gasteiger partial charge in [-0.1, -0.05) is 13.0 Å². The summed E-state index contributed by atoms with van der Waals surface area (Å²) in [5.41, 5.74) is 8.19. The first kappa shape index (κ1) is 13.3. The summed E-state index contributed by atoms with van der Waals surface area (Å²) in [4.78, 5) is 4.35. The first-order chi connectivity index (χ1) is 8.61.